The molecule has 0 saturated carbocycles. The van der Waals surface area contributed by atoms with Gasteiger partial charge in [-0.25, -0.2) is 0 Å². The first-order chi connectivity index (χ1) is 17.6. The summed E-state index contributed by atoms with van der Waals surface area (Å²) in [6.07, 6.45) is 0. The van der Waals surface area contributed by atoms with Gasteiger partial charge in [0.15, 0.2) is 8.07 Å². The zero-order valence-electron chi connectivity index (χ0n) is 25.6. The van der Waals surface area contributed by atoms with Gasteiger partial charge in [0.1, 0.15) is 17.2 Å². The van der Waals surface area contributed by atoms with Crippen molar-refractivity contribution in [2.45, 2.75) is 48.5 Å². The largest absolute Gasteiger partial charge is 4.00 e. The summed E-state index contributed by atoms with van der Waals surface area (Å²) in [4.78, 5) is 0. The second-order valence-corrected chi connectivity index (χ2v) is 13.9. The van der Waals surface area contributed by atoms with Crippen LogP contribution in [0.15, 0.2) is 54.6 Å². The van der Waals surface area contributed by atoms with E-state index in [4.69, 9.17) is 14.2 Å². The second-order valence-electron chi connectivity index (χ2n) is 10.2. The van der Waals surface area contributed by atoms with Gasteiger partial charge in [0.05, 0.1) is 21.3 Å². The molecule has 0 atom stereocenters. The summed E-state index contributed by atoms with van der Waals surface area (Å²) >= 11 is 0. The number of benzene rings is 3. The topological polar surface area (TPSA) is 27.7 Å². The summed E-state index contributed by atoms with van der Waals surface area (Å²) in [7, 11) is 2.29. The first-order valence-corrected chi connectivity index (χ1v) is 14.8. The Kier molecular flexibility index (Phi) is 14.9. The van der Waals surface area contributed by atoms with E-state index in [9.17, 15) is 0 Å². The zero-order chi connectivity index (χ0) is 27.1. The Hall–Kier alpha value is -1.79. The number of methoxy groups -OCH3 is 3. The molecule has 0 unspecified atom stereocenters. The molecule has 0 aliphatic rings. The van der Waals surface area contributed by atoms with Crippen molar-refractivity contribution in [3.8, 4) is 17.2 Å². The van der Waals surface area contributed by atoms with Gasteiger partial charge >= 0.3 is 21.7 Å². The Balaban J connectivity index is 0.00000400. The molecule has 0 bridgehead atoms. The molecule has 0 aromatic heterocycles. The van der Waals surface area contributed by atoms with E-state index in [0.29, 0.717) is 0 Å². The van der Waals surface area contributed by atoms with E-state index in [1.54, 1.807) is 21.3 Å². The Morgan fingerprint density at radius 3 is 1.10 bits per heavy atom. The molecular formula is C33H39Cl3O3SiTi. The van der Waals surface area contributed by atoms with Crippen LogP contribution < -0.4 is 72.2 Å². The van der Waals surface area contributed by atoms with Crippen LogP contribution in [0, 0.1) is 48.5 Å². The van der Waals surface area contributed by atoms with Gasteiger partial charge in [0, 0.05) is 0 Å². The van der Waals surface area contributed by atoms with Crippen LogP contribution >= 0.6 is 0 Å². The van der Waals surface area contributed by atoms with E-state index in [0.717, 1.165) is 17.2 Å². The van der Waals surface area contributed by atoms with Crippen LogP contribution in [-0.2, 0) is 21.7 Å². The molecule has 8 heteroatoms. The third-order valence-electron chi connectivity index (χ3n) is 8.10. The molecule has 0 N–H and O–H groups in total. The van der Waals surface area contributed by atoms with Crippen molar-refractivity contribution in [2.24, 2.45) is 0 Å². The number of rotatable bonds is 7. The van der Waals surface area contributed by atoms with Crippen molar-refractivity contribution in [2.75, 3.05) is 21.3 Å². The molecule has 0 saturated heterocycles. The van der Waals surface area contributed by atoms with Gasteiger partial charge < -0.3 is 51.4 Å². The molecule has 0 radical (unpaired) electrons. The van der Waals surface area contributed by atoms with Crippen LogP contribution in [0.1, 0.15) is 38.9 Å². The third-order valence-corrected chi connectivity index (χ3v) is 13.3. The molecular weight excluding hydrogens is 627 g/mol. The molecule has 4 aromatic rings. The van der Waals surface area contributed by atoms with E-state index in [-0.39, 0.29) is 58.9 Å². The quantitative estimate of drug-likeness (QED) is 0.115. The minimum Gasteiger partial charge on any atom is -1.00 e. The SMILES string of the molecule is COc1cc(C)ccc1[Si](c1ccc(C)cc1OC)(c1ccc(C)cc1OC)c1c(C)c(C)c(C)[c-]1C.[Cl-].[Cl-].[Cl-].[Ti+4]. The standard InChI is InChI=1S/C33H39O3Si.3ClH.Ti/c1-20-11-14-30(27(17-20)34-8)37(31-15-12-21(2)18-28(31)35-9,32-16-13-22(3)19-29(32)36-10)33-25(6)23(4)24(5)26(33)7;;;;/h11-19H,1-10H3;3*1H;/q-1;;;;+4/p-3. The summed E-state index contributed by atoms with van der Waals surface area (Å²) in [6, 6.07) is 19.9. The van der Waals surface area contributed by atoms with Crippen LogP contribution in [0.2, 0.25) is 0 Å². The van der Waals surface area contributed by atoms with Gasteiger partial charge in [-0.15, -0.1) is 0 Å². The maximum Gasteiger partial charge on any atom is 4.00 e. The maximum absolute atomic E-state index is 6.16. The van der Waals surface area contributed by atoms with Crippen molar-refractivity contribution in [3.63, 3.8) is 0 Å². The Morgan fingerprint density at radius 1 is 0.537 bits per heavy atom. The fourth-order valence-electron chi connectivity index (χ4n) is 5.95. The molecule has 218 valence electrons. The van der Waals surface area contributed by atoms with E-state index >= 15 is 0 Å². The minimum absolute atomic E-state index is 0. The van der Waals surface area contributed by atoms with Crippen molar-refractivity contribution in [3.05, 3.63) is 93.5 Å². The molecule has 41 heavy (non-hydrogen) atoms. The summed E-state index contributed by atoms with van der Waals surface area (Å²) in [5, 5.41) is 4.97. The number of ether oxygens (including phenoxy) is 3. The molecule has 0 amide bonds. The van der Waals surface area contributed by atoms with Crippen LogP contribution in [-0.4, -0.2) is 29.4 Å². The molecule has 0 aliphatic carbocycles. The van der Waals surface area contributed by atoms with Crippen LogP contribution in [0.5, 0.6) is 17.2 Å². The number of aryl methyl sites for hydroxylation is 3. The Morgan fingerprint density at radius 2 is 0.854 bits per heavy atom. The van der Waals surface area contributed by atoms with Crippen LogP contribution in [0.25, 0.3) is 0 Å². The van der Waals surface area contributed by atoms with E-state index in [1.807, 2.05) is 0 Å². The predicted molar refractivity (Wildman–Crippen MR) is 158 cm³/mol. The van der Waals surface area contributed by atoms with Crippen molar-refractivity contribution >= 4 is 28.8 Å². The summed E-state index contributed by atoms with van der Waals surface area (Å²) in [6.45, 7) is 15.4. The average Bonchev–Trinajstić information content (AvgIpc) is 3.08. The van der Waals surface area contributed by atoms with Crippen molar-refractivity contribution in [1.29, 1.82) is 0 Å². The molecule has 4 aromatic carbocycles. The fraction of sp³-hybridized carbons (Fsp3) is 0.303. The second kappa shape index (κ2) is 15.6. The van der Waals surface area contributed by atoms with Gasteiger partial charge in [0.25, 0.3) is 0 Å². The summed E-state index contributed by atoms with van der Waals surface area (Å²) < 4.78 is 18.5. The van der Waals surface area contributed by atoms with Crippen molar-refractivity contribution in [1.82, 2.24) is 0 Å². The van der Waals surface area contributed by atoms with Crippen molar-refractivity contribution < 1.29 is 73.1 Å². The molecule has 0 aliphatic heterocycles. The van der Waals surface area contributed by atoms with E-state index in [2.05, 4.69) is 103 Å². The fourth-order valence-corrected chi connectivity index (χ4v) is 11.8. The zero-order valence-corrected chi connectivity index (χ0v) is 30.4. The third kappa shape index (κ3) is 6.59. The minimum atomic E-state index is -3.04. The van der Waals surface area contributed by atoms with Gasteiger partial charge in [0.2, 0.25) is 0 Å². The monoisotopic (exact) mass is 664 g/mol. The summed E-state index contributed by atoms with van der Waals surface area (Å²) in [5.74, 6) is 2.69. The normalized spacial score (nSPS) is 10.4. The Bertz CT molecular complexity index is 1330. The first kappa shape index (κ1) is 39.2. The van der Waals surface area contributed by atoms with Gasteiger partial charge in [-0.3, -0.25) is 0 Å². The smallest absolute Gasteiger partial charge is 1.00 e. The van der Waals surface area contributed by atoms with Gasteiger partial charge in [-0.05, 0) is 71.2 Å². The number of hydrogen-bond acceptors (Lipinski definition) is 3. The molecule has 3 nitrogen and oxygen atoms in total. The predicted octanol–water partition coefficient (Wildman–Crippen LogP) is -4.02. The van der Waals surface area contributed by atoms with E-state index < -0.39 is 8.07 Å². The number of hydrogen-bond donors (Lipinski definition) is 0. The molecule has 0 heterocycles. The average molecular weight is 666 g/mol. The van der Waals surface area contributed by atoms with Gasteiger partial charge in [-0.1, -0.05) is 64.1 Å². The molecule has 0 spiro atoms. The van der Waals surface area contributed by atoms with Crippen LogP contribution in [0.4, 0.5) is 0 Å². The number of halogens is 3. The maximum atomic E-state index is 6.16. The van der Waals surface area contributed by atoms with E-state index in [1.165, 1.54) is 59.7 Å². The van der Waals surface area contributed by atoms with Crippen LogP contribution in [0.3, 0.4) is 0 Å². The molecule has 4 rings (SSSR count). The first-order valence-electron chi connectivity index (χ1n) is 12.8. The van der Waals surface area contributed by atoms with Gasteiger partial charge in [-0.2, -0.15) is 27.4 Å². The summed E-state index contributed by atoms with van der Waals surface area (Å²) in [5.41, 5.74) is 8.83. The molecule has 0 fully saturated rings. The Labute approximate surface area is 280 Å².